The third-order valence-corrected chi connectivity index (χ3v) is 3.76. The molecule has 10 heteroatoms. The topological polar surface area (TPSA) is 64.7 Å². The van der Waals surface area contributed by atoms with Crippen molar-refractivity contribution in [2.45, 2.75) is 12.7 Å². The lowest BCUT2D eigenvalue weighted by Crippen LogP contribution is -2.15. The lowest BCUT2D eigenvalue weighted by molar-refractivity contribution is -0.141. The van der Waals surface area contributed by atoms with Crippen LogP contribution in [0.2, 0.25) is 5.02 Å². The third-order valence-electron chi connectivity index (χ3n) is 3.53. The highest BCUT2D eigenvalue weighted by atomic mass is 35.5. The molecule has 0 aliphatic carbocycles. The van der Waals surface area contributed by atoms with Crippen LogP contribution in [0.15, 0.2) is 42.7 Å². The fourth-order valence-electron chi connectivity index (χ4n) is 2.35. The number of anilines is 1. The molecule has 1 aromatic carbocycles. The fourth-order valence-corrected chi connectivity index (χ4v) is 2.56. The molecule has 6 nitrogen and oxygen atoms in total. The number of benzene rings is 1. The highest BCUT2D eigenvalue weighted by molar-refractivity contribution is 6.30. The lowest BCUT2D eigenvalue weighted by atomic mass is 10.2. The van der Waals surface area contributed by atoms with Crippen molar-refractivity contribution in [3.63, 3.8) is 0 Å². The summed E-state index contributed by atoms with van der Waals surface area (Å²) in [5.74, 6) is -0.710. The molecule has 3 aromatic rings. The fraction of sp³-hybridized carbons (Fsp3) is 0.188. The molecule has 0 aliphatic heterocycles. The van der Waals surface area contributed by atoms with Gasteiger partial charge in [0.15, 0.2) is 5.69 Å². The molecule has 0 fully saturated rings. The van der Waals surface area contributed by atoms with Crippen LogP contribution < -0.4 is 5.32 Å². The number of nitrogens with one attached hydrogen (secondary N) is 1. The largest absolute Gasteiger partial charge is 0.435 e. The van der Waals surface area contributed by atoms with Crippen molar-refractivity contribution in [1.82, 2.24) is 19.6 Å². The Balaban J connectivity index is 1.71. The van der Waals surface area contributed by atoms with Gasteiger partial charge in [0.05, 0.1) is 18.4 Å². The van der Waals surface area contributed by atoms with Gasteiger partial charge in [-0.25, -0.2) is 0 Å². The summed E-state index contributed by atoms with van der Waals surface area (Å²) in [7, 11) is 1.27. The molecule has 0 aliphatic rings. The average molecular weight is 384 g/mol. The van der Waals surface area contributed by atoms with Crippen LogP contribution in [0.5, 0.6) is 0 Å². The van der Waals surface area contributed by atoms with Crippen molar-refractivity contribution < 1.29 is 18.0 Å². The van der Waals surface area contributed by atoms with E-state index in [2.05, 4.69) is 15.5 Å². The summed E-state index contributed by atoms with van der Waals surface area (Å²) >= 11 is 5.93. The Morgan fingerprint density at radius 2 is 2.08 bits per heavy atom. The van der Waals surface area contributed by atoms with Crippen LogP contribution in [0.1, 0.15) is 21.7 Å². The number of carbonyl (C=O) groups is 1. The van der Waals surface area contributed by atoms with Gasteiger partial charge >= 0.3 is 6.18 Å². The van der Waals surface area contributed by atoms with Crippen molar-refractivity contribution in [3.8, 4) is 0 Å². The lowest BCUT2D eigenvalue weighted by Gasteiger charge is -2.03. The predicted octanol–water partition coefficient (Wildman–Crippen LogP) is 3.59. The smallest absolute Gasteiger partial charge is 0.318 e. The predicted molar refractivity (Wildman–Crippen MR) is 88.9 cm³/mol. The molecule has 0 unspecified atom stereocenters. The van der Waals surface area contributed by atoms with E-state index in [-0.39, 0.29) is 5.69 Å². The number of hydrogen-bond donors (Lipinski definition) is 1. The third kappa shape index (κ3) is 4.05. The molecule has 0 saturated heterocycles. The van der Waals surface area contributed by atoms with Crippen LogP contribution in [0.3, 0.4) is 0 Å². The van der Waals surface area contributed by atoms with Gasteiger partial charge in [0.2, 0.25) is 0 Å². The summed E-state index contributed by atoms with van der Waals surface area (Å²) < 4.78 is 40.5. The summed E-state index contributed by atoms with van der Waals surface area (Å²) in [4.78, 5) is 12.2. The van der Waals surface area contributed by atoms with E-state index in [0.29, 0.717) is 23.3 Å². The zero-order chi connectivity index (χ0) is 18.9. The molecular weight excluding hydrogens is 371 g/mol. The second-order valence-electron chi connectivity index (χ2n) is 5.55. The first-order chi connectivity index (χ1) is 12.2. The molecule has 0 atom stereocenters. The van der Waals surface area contributed by atoms with E-state index >= 15 is 0 Å². The van der Waals surface area contributed by atoms with E-state index in [1.165, 1.54) is 13.2 Å². The Labute approximate surface area is 151 Å². The minimum absolute atomic E-state index is 0.208. The Morgan fingerprint density at radius 3 is 2.73 bits per heavy atom. The quantitative estimate of drug-likeness (QED) is 0.748. The number of nitrogens with zero attached hydrogens (tertiary/aromatic N) is 4. The normalized spacial score (nSPS) is 11.6. The molecule has 26 heavy (non-hydrogen) atoms. The van der Waals surface area contributed by atoms with Gasteiger partial charge in [-0.15, -0.1) is 0 Å². The van der Waals surface area contributed by atoms with Crippen LogP contribution in [0, 0.1) is 0 Å². The highest BCUT2D eigenvalue weighted by Crippen LogP contribution is 2.28. The molecule has 3 rings (SSSR count). The van der Waals surface area contributed by atoms with E-state index in [1.54, 1.807) is 23.0 Å². The number of halogens is 4. The second kappa shape index (κ2) is 6.83. The summed E-state index contributed by atoms with van der Waals surface area (Å²) in [6.45, 7) is 0.431. The zero-order valence-corrected chi connectivity index (χ0v) is 14.2. The van der Waals surface area contributed by atoms with Crippen molar-refractivity contribution in [2.75, 3.05) is 5.32 Å². The first kappa shape index (κ1) is 18.0. The van der Waals surface area contributed by atoms with Gasteiger partial charge in [-0.05, 0) is 17.7 Å². The van der Waals surface area contributed by atoms with Crippen molar-refractivity contribution >= 4 is 23.2 Å². The molecule has 136 valence electrons. The van der Waals surface area contributed by atoms with Gasteiger partial charge in [0.25, 0.3) is 5.91 Å². The minimum Gasteiger partial charge on any atom is -0.318 e. The number of hydrogen-bond acceptors (Lipinski definition) is 3. The SMILES string of the molecule is Cn1nc(C(F)(F)F)cc1C(=O)Nc1cnn(Cc2cccc(Cl)c2)c1. The number of aryl methyl sites for hydroxylation is 1. The van der Waals surface area contributed by atoms with Crippen LogP contribution in [0.4, 0.5) is 18.9 Å². The maximum absolute atomic E-state index is 12.7. The number of rotatable bonds is 4. The molecular formula is C16H13ClF3N5O. The Morgan fingerprint density at radius 1 is 1.31 bits per heavy atom. The Bertz CT molecular complexity index is 948. The zero-order valence-electron chi connectivity index (χ0n) is 13.5. The Kier molecular flexibility index (Phi) is 4.73. The second-order valence-corrected chi connectivity index (χ2v) is 5.98. The summed E-state index contributed by atoms with van der Waals surface area (Å²) in [5.41, 5.74) is -0.0616. The molecule has 2 aromatic heterocycles. The van der Waals surface area contributed by atoms with Gasteiger partial charge in [0.1, 0.15) is 5.69 Å². The molecule has 1 N–H and O–H groups in total. The van der Waals surface area contributed by atoms with E-state index < -0.39 is 17.8 Å². The van der Waals surface area contributed by atoms with E-state index in [0.717, 1.165) is 10.2 Å². The van der Waals surface area contributed by atoms with Crippen molar-refractivity contribution in [1.29, 1.82) is 0 Å². The monoisotopic (exact) mass is 383 g/mol. The van der Waals surface area contributed by atoms with Gasteiger partial charge in [-0.1, -0.05) is 23.7 Å². The first-order valence-corrected chi connectivity index (χ1v) is 7.79. The van der Waals surface area contributed by atoms with Crippen LogP contribution in [-0.4, -0.2) is 25.5 Å². The number of amides is 1. The number of carbonyl (C=O) groups excluding carboxylic acids is 1. The summed E-state index contributed by atoms with van der Waals surface area (Å²) in [6.07, 6.45) is -1.64. The highest BCUT2D eigenvalue weighted by Gasteiger charge is 2.35. The maximum atomic E-state index is 12.7. The summed E-state index contributed by atoms with van der Waals surface area (Å²) in [6, 6.07) is 7.93. The Hall–Kier alpha value is -2.81. The summed E-state index contributed by atoms with van der Waals surface area (Å²) in [5, 5.41) is 10.5. The maximum Gasteiger partial charge on any atom is 0.435 e. The van der Waals surface area contributed by atoms with E-state index in [4.69, 9.17) is 11.6 Å². The van der Waals surface area contributed by atoms with Crippen LogP contribution in [-0.2, 0) is 19.8 Å². The van der Waals surface area contributed by atoms with Gasteiger partial charge < -0.3 is 5.32 Å². The molecule has 0 spiro atoms. The van der Waals surface area contributed by atoms with Gasteiger partial charge in [0, 0.05) is 24.3 Å². The molecule has 1 amide bonds. The molecule has 0 bridgehead atoms. The average Bonchev–Trinajstić information content (AvgIpc) is 3.13. The van der Waals surface area contributed by atoms with Gasteiger partial charge in [-0.2, -0.15) is 23.4 Å². The van der Waals surface area contributed by atoms with Crippen molar-refractivity contribution in [2.24, 2.45) is 7.05 Å². The standard InChI is InChI=1S/C16H13ClF3N5O/c1-24-13(6-14(23-24)16(18,19)20)15(26)22-12-7-21-25(9-12)8-10-3-2-4-11(17)5-10/h2-7,9H,8H2,1H3,(H,22,26). The van der Waals surface area contributed by atoms with Crippen molar-refractivity contribution in [3.05, 3.63) is 64.7 Å². The number of alkyl halides is 3. The molecule has 0 saturated carbocycles. The molecule has 0 radical (unpaired) electrons. The molecule has 2 heterocycles. The van der Waals surface area contributed by atoms with E-state index in [9.17, 15) is 18.0 Å². The van der Waals surface area contributed by atoms with Gasteiger partial charge in [-0.3, -0.25) is 14.2 Å². The number of aromatic nitrogens is 4. The van der Waals surface area contributed by atoms with Crippen LogP contribution in [0.25, 0.3) is 0 Å². The van der Waals surface area contributed by atoms with E-state index in [1.807, 2.05) is 12.1 Å². The van der Waals surface area contributed by atoms with Crippen LogP contribution >= 0.6 is 11.6 Å². The minimum atomic E-state index is -4.61. The first-order valence-electron chi connectivity index (χ1n) is 7.42.